The molecule has 0 bridgehead atoms. The van der Waals surface area contributed by atoms with E-state index in [0.29, 0.717) is 37.3 Å². The number of hydrogen-bond donors (Lipinski definition) is 5. The molecule has 3 unspecified atom stereocenters. The maximum Gasteiger partial charge on any atom is 0.315 e. The molecule has 3 aliphatic rings. The Morgan fingerprint density at radius 1 is 1.02 bits per heavy atom. The molecule has 260 valence electrons. The van der Waals surface area contributed by atoms with Crippen LogP contribution in [-0.2, 0) is 19.2 Å². The Kier molecular flexibility index (Phi) is 15.2. The van der Waals surface area contributed by atoms with Gasteiger partial charge in [-0.3, -0.25) is 24.6 Å². The van der Waals surface area contributed by atoms with Gasteiger partial charge < -0.3 is 31.5 Å². The van der Waals surface area contributed by atoms with Gasteiger partial charge in [-0.15, -0.1) is 0 Å². The van der Waals surface area contributed by atoms with Crippen molar-refractivity contribution in [3.8, 4) is 0 Å². The first-order chi connectivity index (χ1) is 21.5. The minimum Gasteiger partial charge on any atom is -0.363 e. The van der Waals surface area contributed by atoms with Gasteiger partial charge in [-0.2, -0.15) is 0 Å². The maximum absolute atomic E-state index is 14.0. The lowest BCUT2D eigenvalue weighted by Crippen LogP contribution is -2.62. The molecule has 3 atom stereocenters. The Morgan fingerprint density at radius 3 is 2.13 bits per heavy atom. The Balaban J connectivity index is 0.00000173. The summed E-state index contributed by atoms with van der Waals surface area (Å²) in [6.07, 6.45) is 9.11. The summed E-state index contributed by atoms with van der Waals surface area (Å²) in [4.78, 5) is 68.4. The summed E-state index contributed by atoms with van der Waals surface area (Å²) >= 11 is 1.24. The zero-order chi connectivity index (χ0) is 34.7. The fourth-order valence-corrected chi connectivity index (χ4v) is 6.84. The van der Waals surface area contributed by atoms with Crippen LogP contribution in [0.25, 0.3) is 0 Å². The zero-order valence-corrected chi connectivity index (χ0v) is 29.5. The Hall–Kier alpha value is -2.93. The van der Waals surface area contributed by atoms with E-state index in [4.69, 9.17) is 11.1 Å². The topological polar surface area (TPSA) is 178 Å². The zero-order valence-electron chi connectivity index (χ0n) is 28.7. The largest absolute Gasteiger partial charge is 0.363 e. The number of nitrogens with two attached hydrogens (primary N) is 1. The standard InChI is InChI=1S/C30H48N6O5S.C3H9N/c1-5-42-22(31)18-30(14-7-6-8-15-30)35-28(41)34-24(29(2,3)4)27(40)36-16-10-13-21(36)26(39)33-20(23(37)25(32)38)17-19-11-9-12-19;1-4(2)3/h5,19-21,24,31H,1,6-18H2,2-4H3,(H2,32,38)(H,33,39)(H2,34,35,41);1-3H3. The number of amides is 5. The molecule has 6 N–H and O–H groups in total. The molecular formula is C33H57N7O5S. The van der Waals surface area contributed by atoms with Crippen molar-refractivity contribution in [3.05, 3.63) is 12.0 Å². The first-order valence-corrected chi connectivity index (χ1v) is 17.4. The molecule has 0 aromatic rings. The summed E-state index contributed by atoms with van der Waals surface area (Å²) in [7, 11) is 6.00. The lowest BCUT2D eigenvalue weighted by atomic mass is 9.79. The van der Waals surface area contributed by atoms with Crippen molar-refractivity contribution in [1.82, 2.24) is 25.8 Å². The van der Waals surface area contributed by atoms with Crippen LogP contribution in [0.2, 0.25) is 0 Å². The molecule has 0 radical (unpaired) electrons. The van der Waals surface area contributed by atoms with Gasteiger partial charge in [0, 0.05) is 18.5 Å². The molecule has 46 heavy (non-hydrogen) atoms. The van der Waals surface area contributed by atoms with E-state index in [1.165, 1.54) is 16.7 Å². The number of carbonyl (C=O) groups is 5. The molecule has 5 amide bonds. The van der Waals surface area contributed by atoms with E-state index < -0.39 is 52.7 Å². The van der Waals surface area contributed by atoms with Crippen LogP contribution in [-0.4, -0.2) is 95.7 Å². The van der Waals surface area contributed by atoms with Crippen LogP contribution in [0, 0.1) is 16.7 Å². The van der Waals surface area contributed by atoms with E-state index in [0.717, 1.165) is 51.4 Å². The summed E-state index contributed by atoms with van der Waals surface area (Å²) in [5, 5.41) is 19.1. The highest BCUT2D eigenvalue weighted by Gasteiger charge is 2.44. The molecule has 13 heteroatoms. The number of primary amides is 1. The smallest absolute Gasteiger partial charge is 0.315 e. The summed E-state index contributed by atoms with van der Waals surface area (Å²) < 4.78 is 0. The van der Waals surface area contributed by atoms with Crippen molar-refractivity contribution in [2.75, 3.05) is 27.7 Å². The van der Waals surface area contributed by atoms with Gasteiger partial charge in [-0.1, -0.05) is 77.6 Å². The second-order valence-electron chi connectivity index (χ2n) is 14.5. The highest BCUT2D eigenvalue weighted by Crippen LogP contribution is 2.34. The van der Waals surface area contributed by atoms with Crippen LogP contribution in [0.4, 0.5) is 4.79 Å². The number of ketones is 1. The van der Waals surface area contributed by atoms with Crippen LogP contribution in [0.5, 0.6) is 0 Å². The van der Waals surface area contributed by atoms with Crippen molar-refractivity contribution in [1.29, 1.82) is 5.41 Å². The quantitative estimate of drug-likeness (QED) is 0.120. The number of carbonyl (C=O) groups excluding carboxylic acids is 5. The van der Waals surface area contributed by atoms with Gasteiger partial charge in [0.05, 0.1) is 11.1 Å². The molecular weight excluding hydrogens is 606 g/mol. The first-order valence-electron chi connectivity index (χ1n) is 16.5. The van der Waals surface area contributed by atoms with E-state index in [1.807, 2.05) is 46.8 Å². The minimum absolute atomic E-state index is 0.249. The number of Topliss-reactive ketones (excluding diaryl/α,β-unsaturated/α-hetero) is 1. The van der Waals surface area contributed by atoms with Gasteiger partial charge in [-0.25, -0.2) is 4.79 Å². The van der Waals surface area contributed by atoms with E-state index in [2.05, 4.69) is 22.5 Å². The molecule has 3 fully saturated rings. The SMILES string of the molecule is C=CSC(=N)CC1(NC(=O)NC(C(=O)N2CCCC2C(=O)NC(CC2CCC2)C(=O)C(N)=O)C(C)(C)C)CCCCC1.CN(C)C. The van der Waals surface area contributed by atoms with Gasteiger partial charge in [0.15, 0.2) is 0 Å². The molecule has 0 spiro atoms. The average molecular weight is 664 g/mol. The Labute approximate surface area is 279 Å². The summed E-state index contributed by atoms with van der Waals surface area (Å²) in [6.45, 7) is 9.59. The number of urea groups is 1. The molecule has 1 saturated heterocycles. The van der Waals surface area contributed by atoms with Crippen molar-refractivity contribution in [3.63, 3.8) is 0 Å². The molecule has 12 nitrogen and oxygen atoms in total. The monoisotopic (exact) mass is 663 g/mol. The lowest BCUT2D eigenvalue weighted by molar-refractivity contribution is -0.143. The van der Waals surface area contributed by atoms with Crippen molar-refractivity contribution in [2.45, 2.75) is 121 Å². The molecule has 0 aromatic heterocycles. The van der Waals surface area contributed by atoms with Gasteiger partial charge in [0.1, 0.15) is 12.1 Å². The molecule has 2 aliphatic carbocycles. The van der Waals surface area contributed by atoms with E-state index in [9.17, 15) is 24.0 Å². The predicted molar refractivity (Wildman–Crippen MR) is 183 cm³/mol. The Morgan fingerprint density at radius 2 is 1.63 bits per heavy atom. The highest BCUT2D eigenvalue weighted by molar-refractivity contribution is 8.16. The Bertz CT molecular complexity index is 1110. The molecule has 1 heterocycles. The summed E-state index contributed by atoms with van der Waals surface area (Å²) in [5.74, 6) is -2.53. The normalized spacial score (nSPS) is 20.7. The van der Waals surface area contributed by atoms with Gasteiger partial charge in [0.25, 0.3) is 5.91 Å². The van der Waals surface area contributed by atoms with E-state index in [1.54, 1.807) is 5.41 Å². The second kappa shape index (κ2) is 17.8. The fraction of sp³-hybridized carbons (Fsp3) is 0.758. The van der Waals surface area contributed by atoms with Crippen LogP contribution in [0.3, 0.4) is 0 Å². The molecule has 0 aromatic carbocycles. The maximum atomic E-state index is 14.0. The van der Waals surface area contributed by atoms with Crippen molar-refractivity contribution in [2.24, 2.45) is 17.1 Å². The van der Waals surface area contributed by atoms with E-state index in [-0.39, 0.29) is 11.8 Å². The molecule has 2 saturated carbocycles. The van der Waals surface area contributed by atoms with Crippen molar-refractivity contribution < 1.29 is 24.0 Å². The van der Waals surface area contributed by atoms with Crippen LogP contribution < -0.4 is 21.7 Å². The number of nitrogens with zero attached hydrogens (tertiary/aromatic N) is 2. The number of hydrogen-bond acceptors (Lipinski definition) is 8. The first kappa shape index (κ1) is 39.2. The van der Waals surface area contributed by atoms with Gasteiger partial charge in [0.2, 0.25) is 17.6 Å². The molecule has 3 rings (SSSR count). The van der Waals surface area contributed by atoms with Gasteiger partial charge >= 0.3 is 6.03 Å². The highest BCUT2D eigenvalue weighted by atomic mass is 32.2. The third-order valence-corrected chi connectivity index (χ3v) is 9.41. The van der Waals surface area contributed by atoms with Gasteiger partial charge in [-0.05, 0) is 70.0 Å². The summed E-state index contributed by atoms with van der Waals surface area (Å²) in [5.41, 5.74) is 4.02. The van der Waals surface area contributed by atoms with Crippen LogP contribution >= 0.6 is 11.8 Å². The van der Waals surface area contributed by atoms with Crippen LogP contribution in [0.15, 0.2) is 12.0 Å². The second-order valence-corrected chi connectivity index (χ2v) is 15.5. The lowest BCUT2D eigenvalue weighted by Gasteiger charge is -2.40. The summed E-state index contributed by atoms with van der Waals surface area (Å²) in [6, 6.07) is -3.23. The number of rotatable bonds is 12. The molecule has 1 aliphatic heterocycles. The number of nitrogens with one attached hydrogen (secondary N) is 4. The number of likely N-dealkylation sites (tertiary alicyclic amines) is 1. The third kappa shape index (κ3) is 12.0. The minimum atomic E-state index is -1.09. The third-order valence-electron chi connectivity index (χ3n) is 8.81. The predicted octanol–water partition coefficient (Wildman–Crippen LogP) is 3.55. The fourth-order valence-electron chi connectivity index (χ4n) is 6.28. The number of thioether (sulfide) groups is 1. The van der Waals surface area contributed by atoms with Crippen LogP contribution in [0.1, 0.15) is 97.8 Å². The van der Waals surface area contributed by atoms with E-state index >= 15 is 0 Å². The average Bonchev–Trinajstić information content (AvgIpc) is 3.42. The van der Waals surface area contributed by atoms with Crippen molar-refractivity contribution >= 4 is 46.3 Å².